The molecule has 1 aromatic carbocycles. The molecule has 0 saturated heterocycles. The Balaban J connectivity index is 1.94. The van der Waals surface area contributed by atoms with Crippen molar-refractivity contribution in [1.29, 1.82) is 0 Å². The minimum atomic E-state index is -0.207. The van der Waals surface area contributed by atoms with Crippen molar-refractivity contribution in [3.05, 3.63) is 34.5 Å². The minimum absolute atomic E-state index is 0.207. The SMILES string of the molecule is CCCCOCCOCc1c(CN)sc2cccc(F)c12. The highest BCUT2D eigenvalue weighted by Crippen LogP contribution is 2.33. The molecule has 0 unspecified atom stereocenters. The molecule has 0 radical (unpaired) electrons. The van der Waals surface area contributed by atoms with Gasteiger partial charge in [0.15, 0.2) is 0 Å². The summed E-state index contributed by atoms with van der Waals surface area (Å²) in [6.45, 7) is 4.77. The van der Waals surface area contributed by atoms with Gasteiger partial charge in [-0.3, -0.25) is 0 Å². The average Bonchev–Trinajstić information content (AvgIpc) is 2.85. The van der Waals surface area contributed by atoms with Crippen molar-refractivity contribution in [3.8, 4) is 0 Å². The molecular weight excluding hydrogens is 289 g/mol. The van der Waals surface area contributed by atoms with Crippen LogP contribution in [0.5, 0.6) is 0 Å². The van der Waals surface area contributed by atoms with Crippen molar-refractivity contribution < 1.29 is 13.9 Å². The summed E-state index contributed by atoms with van der Waals surface area (Å²) in [5.41, 5.74) is 6.64. The Hall–Kier alpha value is -1.01. The average molecular weight is 311 g/mol. The van der Waals surface area contributed by atoms with Gasteiger partial charge in [-0.05, 0) is 18.6 Å². The Bertz CT molecular complexity index is 571. The second kappa shape index (κ2) is 8.44. The van der Waals surface area contributed by atoms with Crippen LogP contribution in [0.25, 0.3) is 10.1 Å². The maximum atomic E-state index is 14.0. The van der Waals surface area contributed by atoms with Crippen LogP contribution in [0.1, 0.15) is 30.2 Å². The summed E-state index contributed by atoms with van der Waals surface area (Å²) in [6.07, 6.45) is 2.19. The molecule has 2 aromatic rings. The number of unbranched alkanes of at least 4 members (excludes halogenated alkanes) is 1. The zero-order valence-electron chi connectivity index (χ0n) is 12.4. The van der Waals surface area contributed by atoms with E-state index in [9.17, 15) is 4.39 Å². The molecule has 0 atom stereocenters. The summed E-state index contributed by atoms with van der Waals surface area (Å²) in [5, 5.41) is 0.648. The summed E-state index contributed by atoms with van der Waals surface area (Å²) in [7, 11) is 0. The van der Waals surface area contributed by atoms with Gasteiger partial charge in [0.1, 0.15) is 5.82 Å². The van der Waals surface area contributed by atoms with E-state index in [2.05, 4.69) is 6.92 Å². The van der Waals surface area contributed by atoms with Gasteiger partial charge < -0.3 is 15.2 Å². The van der Waals surface area contributed by atoms with Crippen molar-refractivity contribution >= 4 is 21.4 Å². The molecule has 0 aliphatic rings. The Morgan fingerprint density at radius 3 is 2.76 bits per heavy atom. The number of nitrogens with two attached hydrogens (primary N) is 1. The van der Waals surface area contributed by atoms with E-state index < -0.39 is 0 Å². The van der Waals surface area contributed by atoms with E-state index in [1.54, 1.807) is 6.07 Å². The topological polar surface area (TPSA) is 44.5 Å². The van der Waals surface area contributed by atoms with E-state index in [4.69, 9.17) is 15.2 Å². The fraction of sp³-hybridized carbons (Fsp3) is 0.500. The number of thiophene rings is 1. The molecule has 5 heteroatoms. The molecule has 0 bridgehead atoms. The maximum Gasteiger partial charge on any atom is 0.132 e. The van der Waals surface area contributed by atoms with Crippen LogP contribution in [0.3, 0.4) is 0 Å². The van der Waals surface area contributed by atoms with E-state index in [0.717, 1.165) is 34.6 Å². The van der Waals surface area contributed by atoms with Crippen molar-refractivity contribution in [2.45, 2.75) is 32.9 Å². The molecule has 3 nitrogen and oxygen atoms in total. The van der Waals surface area contributed by atoms with Crippen LogP contribution >= 0.6 is 11.3 Å². The molecule has 0 fully saturated rings. The zero-order chi connectivity index (χ0) is 15.1. The maximum absolute atomic E-state index is 14.0. The van der Waals surface area contributed by atoms with E-state index in [1.807, 2.05) is 6.07 Å². The zero-order valence-corrected chi connectivity index (χ0v) is 13.2. The number of fused-ring (bicyclic) bond motifs is 1. The van der Waals surface area contributed by atoms with Gasteiger partial charge in [0.05, 0.1) is 19.8 Å². The lowest BCUT2D eigenvalue weighted by Gasteiger charge is -2.07. The number of rotatable bonds is 9. The van der Waals surface area contributed by atoms with Crippen LogP contribution < -0.4 is 5.73 Å². The van der Waals surface area contributed by atoms with Gasteiger partial charge in [-0.2, -0.15) is 0 Å². The molecule has 1 heterocycles. The first-order chi connectivity index (χ1) is 10.3. The minimum Gasteiger partial charge on any atom is -0.379 e. The molecular formula is C16H22FNO2S. The fourth-order valence-electron chi connectivity index (χ4n) is 2.17. The first-order valence-electron chi connectivity index (χ1n) is 7.32. The standard InChI is InChI=1S/C16H22FNO2S/c1-2-3-7-19-8-9-20-11-12-15(10-18)21-14-6-4-5-13(17)16(12)14/h4-6H,2-3,7-11,18H2,1H3. The van der Waals surface area contributed by atoms with Crippen LogP contribution in [-0.4, -0.2) is 19.8 Å². The van der Waals surface area contributed by atoms with Crippen molar-refractivity contribution in [2.75, 3.05) is 19.8 Å². The quantitative estimate of drug-likeness (QED) is 0.716. The molecule has 116 valence electrons. The normalized spacial score (nSPS) is 11.4. The fourth-order valence-corrected chi connectivity index (χ4v) is 3.28. The molecule has 0 amide bonds. The van der Waals surface area contributed by atoms with Crippen molar-refractivity contribution in [2.24, 2.45) is 5.73 Å². The number of halogens is 1. The summed E-state index contributed by atoms with van der Waals surface area (Å²) < 4.78 is 26.0. The number of benzene rings is 1. The number of hydrogen-bond donors (Lipinski definition) is 1. The van der Waals surface area contributed by atoms with Gasteiger partial charge in [0, 0.05) is 33.7 Å². The van der Waals surface area contributed by atoms with Crippen molar-refractivity contribution in [1.82, 2.24) is 0 Å². The number of hydrogen-bond acceptors (Lipinski definition) is 4. The van der Waals surface area contributed by atoms with Crippen molar-refractivity contribution in [3.63, 3.8) is 0 Å². The summed E-state index contributed by atoms with van der Waals surface area (Å²) in [4.78, 5) is 0.988. The highest BCUT2D eigenvalue weighted by Gasteiger charge is 2.14. The molecule has 0 aliphatic heterocycles. The van der Waals surface area contributed by atoms with E-state index in [-0.39, 0.29) is 5.82 Å². The number of ether oxygens (including phenoxy) is 2. The Kier molecular flexibility index (Phi) is 6.57. The van der Waals surface area contributed by atoms with E-state index in [0.29, 0.717) is 31.8 Å². The van der Waals surface area contributed by atoms with Crippen LogP contribution in [0.4, 0.5) is 4.39 Å². The molecule has 2 rings (SSSR count). The largest absolute Gasteiger partial charge is 0.379 e. The third-order valence-corrected chi connectivity index (χ3v) is 4.51. The predicted octanol–water partition coefficient (Wildman–Crippen LogP) is 3.83. The highest BCUT2D eigenvalue weighted by atomic mass is 32.1. The Morgan fingerprint density at radius 1 is 1.19 bits per heavy atom. The molecule has 1 aromatic heterocycles. The smallest absolute Gasteiger partial charge is 0.132 e. The second-order valence-corrected chi connectivity index (χ2v) is 5.98. The predicted molar refractivity (Wildman–Crippen MR) is 85.1 cm³/mol. The van der Waals surface area contributed by atoms with Crippen LogP contribution in [0, 0.1) is 5.82 Å². The van der Waals surface area contributed by atoms with E-state index >= 15 is 0 Å². The van der Waals surface area contributed by atoms with Gasteiger partial charge in [0.2, 0.25) is 0 Å². The van der Waals surface area contributed by atoms with E-state index in [1.165, 1.54) is 17.4 Å². The molecule has 0 saturated carbocycles. The lowest BCUT2D eigenvalue weighted by atomic mass is 10.1. The van der Waals surface area contributed by atoms with Gasteiger partial charge in [0.25, 0.3) is 0 Å². The Morgan fingerprint density at radius 2 is 2.00 bits per heavy atom. The molecule has 21 heavy (non-hydrogen) atoms. The van der Waals surface area contributed by atoms with Gasteiger partial charge >= 0.3 is 0 Å². The van der Waals surface area contributed by atoms with Gasteiger partial charge in [-0.1, -0.05) is 19.4 Å². The summed E-state index contributed by atoms with van der Waals surface area (Å²) in [6, 6.07) is 5.12. The molecule has 0 spiro atoms. The highest BCUT2D eigenvalue weighted by molar-refractivity contribution is 7.19. The lowest BCUT2D eigenvalue weighted by molar-refractivity contribution is 0.0399. The summed E-state index contributed by atoms with van der Waals surface area (Å²) >= 11 is 1.54. The summed E-state index contributed by atoms with van der Waals surface area (Å²) in [5.74, 6) is -0.207. The molecule has 0 aliphatic carbocycles. The van der Waals surface area contributed by atoms with Crippen LogP contribution in [0.15, 0.2) is 18.2 Å². The third kappa shape index (κ3) is 4.23. The van der Waals surface area contributed by atoms with Crippen LogP contribution in [-0.2, 0) is 22.6 Å². The van der Waals surface area contributed by atoms with Crippen LogP contribution in [0.2, 0.25) is 0 Å². The second-order valence-electron chi connectivity index (χ2n) is 4.84. The van der Waals surface area contributed by atoms with Gasteiger partial charge in [-0.15, -0.1) is 11.3 Å². The Labute approximate surface area is 128 Å². The monoisotopic (exact) mass is 311 g/mol. The first-order valence-corrected chi connectivity index (χ1v) is 8.13. The van der Waals surface area contributed by atoms with Gasteiger partial charge in [-0.25, -0.2) is 4.39 Å². The lowest BCUT2D eigenvalue weighted by Crippen LogP contribution is -2.06. The third-order valence-electron chi connectivity index (χ3n) is 3.29. The first kappa shape index (κ1) is 16.4. The molecule has 2 N–H and O–H groups in total.